The monoisotopic (exact) mass is 365 g/mol. The van der Waals surface area contributed by atoms with E-state index in [1.807, 2.05) is 41.9 Å². The van der Waals surface area contributed by atoms with E-state index in [4.69, 9.17) is 10.9 Å². The highest BCUT2D eigenvalue weighted by Crippen LogP contribution is 2.25. The van der Waals surface area contributed by atoms with E-state index in [2.05, 4.69) is 55.2 Å². The van der Waals surface area contributed by atoms with Crippen LogP contribution in [0.1, 0.15) is 57.5 Å². The van der Waals surface area contributed by atoms with Gasteiger partial charge in [-0.15, -0.1) is 0 Å². The van der Waals surface area contributed by atoms with Crippen molar-refractivity contribution in [3.63, 3.8) is 0 Å². The topological polar surface area (TPSA) is 86.4 Å². The fraction of sp³-hybridized carbons (Fsp3) is 0.400. The van der Waals surface area contributed by atoms with Gasteiger partial charge in [0.25, 0.3) is 0 Å². The lowest BCUT2D eigenvalue weighted by Gasteiger charge is -2.23. The van der Waals surface area contributed by atoms with Gasteiger partial charge in [-0.1, -0.05) is 33.8 Å². The summed E-state index contributed by atoms with van der Waals surface area (Å²) in [5.74, 6) is 6.60. The van der Waals surface area contributed by atoms with Crippen LogP contribution in [-0.4, -0.2) is 24.1 Å². The second kappa shape index (κ2) is 7.34. The molecule has 0 atom stereocenters. The molecule has 0 radical (unpaired) electrons. The number of nitrogens with zero attached hydrogens (tertiary/aromatic N) is 6. The molecule has 3 rings (SSSR count). The summed E-state index contributed by atoms with van der Waals surface area (Å²) < 4.78 is 3.70. The summed E-state index contributed by atoms with van der Waals surface area (Å²) in [6.45, 7) is 10.6. The lowest BCUT2D eigenvalue weighted by molar-refractivity contribution is 0.485. The number of imidazole rings is 1. The van der Waals surface area contributed by atoms with Crippen molar-refractivity contribution in [2.45, 2.75) is 52.4 Å². The molecule has 0 saturated heterocycles. The molecule has 3 aromatic heterocycles. The van der Waals surface area contributed by atoms with Gasteiger partial charge in [0.05, 0.1) is 11.4 Å². The van der Waals surface area contributed by atoms with Gasteiger partial charge in [-0.2, -0.15) is 10.2 Å². The third-order valence-electron chi connectivity index (χ3n) is 4.63. The lowest BCUT2D eigenvalue weighted by atomic mass is 9.84. The summed E-state index contributed by atoms with van der Waals surface area (Å²) in [6.07, 6.45) is 10.5. The first-order valence-corrected chi connectivity index (χ1v) is 9.14. The van der Waals surface area contributed by atoms with E-state index in [1.54, 1.807) is 4.68 Å². The molecule has 142 valence electrons. The van der Waals surface area contributed by atoms with E-state index in [0.717, 1.165) is 23.6 Å². The first kappa shape index (κ1) is 18.8. The SMILES string of the molecule is C/C=C\n1nc(C(C)(C)Cc2cn3cc(C(C)C)cnc3n2)cc/c1=N/N. The summed E-state index contributed by atoms with van der Waals surface area (Å²) in [5, 5.41) is 8.47. The van der Waals surface area contributed by atoms with Gasteiger partial charge in [-0.05, 0) is 30.5 Å². The fourth-order valence-electron chi connectivity index (χ4n) is 3.02. The molecule has 0 aromatic carbocycles. The van der Waals surface area contributed by atoms with Crippen molar-refractivity contribution in [1.29, 1.82) is 0 Å². The zero-order valence-corrected chi connectivity index (χ0v) is 16.6. The summed E-state index contributed by atoms with van der Waals surface area (Å²) in [7, 11) is 0. The van der Waals surface area contributed by atoms with Gasteiger partial charge in [0, 0.05) is 36.6 Å². The molecule has 27 heavy (non-hydrogen) atoms. The number of rotatable bonds is 5. The van der Waals surface area contributed by atoms with Gasteiger partial charge in [-0.25, -0.2) is 14.6 Å². The Morgan fingerprint density at radius 2 is 2.04 bits per heavy atom. The third kappa shape index (κ3) is 3.92. The molecule has 3 aromatic rings. The zero-order valence-electron chi connectivity index (χ0n) is 16.6. The summed E-state index contributed by atoms with van der Waals surface area (Å²) >= 11 is 0. The van der Waals surface area contributed by atoms with Crippen LogP contribution in [0.3, 0.4) is 0 Å². The largest absolute Gasteiger partial charge is 0.321 e. The van der Waals surface area contributed by atoms with Gasteiger partial charge < -0.3 is 5.84 Å². The standard InChI is InChI=1S/C20H27N7/c1-6-9-27-18(24-21)8-7-17(25-27)20(4,5)10-16-13-26-12-15(14(2)3)11-22-19(26)23-16/h6-9,11-14H,10,21H2,1-5H3/b9-6-,24-18-. The Morgan fingerprint density at radius 1 is 1.26 bits per heavy atom. The molecule has 7 heteroatoms. The molecule has 0 aliphatic heterocycles. The van der Waals surface area contributed by atoms with Crippen LogP contribution >= 0.6 is 0 Å². The third-order valence-corrected chi connectivity index (χ3v) is 4.63. The molecule has 0 unspecified atom stereocenters. The van der Waals surface area contributed by atoms with Crippen molar-refractivity contribution in [1.82, 2.24) is 24.1 Å². The number of hydrogen-bond acceptors (Lipinski definition) is 5. The zero-order chi connectivity index (χ0) is 19.6. The van der Waals surface area contributed by atoms with E-state index in [1.165, 1.54) is 5.56 Å². The van der Waals surface area contributed by atoms with Crippen LogP contribution in [-0.2, 0) is 11.8 Å². The number of hydrogen-bond donors (Lipinski definition) is 1. The molecule has 0 saturated carbocycles. The maximum atomic E-state index is 5.45. The summed E-state index contributed by atoms with van der Waals surface area (Å²) in [5.41, 5.74) is 3.52. The van der Waals surface area contributed by atoms with Crippen LogP contribution in [0.5, 0.6) is 0 Å². The van der Waals surface area contributed by atoms with Crippen LogP contribution in [0.4, 0.5) is 0 Å². The van der Waals surface area contributed by atoms with Crippen LogP contribution in [0.15, 0.2) is 41.9 Å². The molecule has 0 spiro atoms. The average molecular weight is 365 g/mol. The highest BCUT2D eigenvalue weighted by molar-refractivity contribution is 5.33. The Balaban J connectivity index is 1.94. The molecule has 7 nitrogen and oxygen atoms in total. The first-order valence-electron chi connectivity index (χ1n) is 9.14. The van der Waals surface area contributed by atoms with E-state index < -0.39 is 0 Å². The van der Waals surface area contributed by atoms with Gasteiger partial charge in [0.2, 0.25) is 5.78 Å². The second-order valence-corrected chi connectivity index (χ2v) is 7.68. The molecule has 2 N–H and O–H groups in total. The van der Waals surface area contributed by atoms with Gasteiger partial charge in [0.1, 0.15) is 0 Å². The van der Waals surface area contributed by atoms with Crippen molar-refractivity contribution < 1.29 is 0 Å². The molecule has 3 heterocycles. The minimum Gasteiger partial charge on any atom is -0.321 e. The Labute approximate surface area is 159 Å². The lowest BCUT2D eigenvalue weighted by Crippen LogP contribution is -2.29. The molecule has 0 fully saturated rings. The van der Waals surface area contributed by atoms with Gasteiger partial charge in [-0.3, -0.25) is 4.40 Å². The quantitative estimate of drug-likeness (QED) is 0.556. The average Bonchev–Trinajstić information content (AvgIpc) is 3.02. The van der Waals surface area contributed by atoms with Crippen LogP contribution in [0.2, 0.25) is 0 Å². The normalized spacial score (nSPS) is 13.3. The van der Waals surface area contributed by atoms with E-state index in [0.29, 0.717) is 11.4 Å². The fourth-order valence-corrected chi connectivity index (χ4v) is 3.02. The van der Waals surface area contributed by atoms with E-state index in [-0.39, 0.29) is 5.41 Å². The Kier molecular flexibility index (Phi) is 5.12. The number of fused-ring (bicyclic) bond motifs is 1. The summed E-state index contributed by atoms with van der Waals surface area (Å²) in [6, 6.07) is 3.85. The Bertz CT molecular complexity index is 1040. The minimum atomic E-state index is -0.213. The van der Waals surface area contributed by atoms with E-state index >= 15 is 0 Å². The smallest absolute Gasteiger partial charge is 0.233 e. The Morgan fingerprint density at radius 3 is 2.70 bits per heavy atom. The molecule has 0 aliphatic carbocycles. The van der Waals surface area contributed by atoms with Crippen LogP contribution in [0.25, 0.3) is 12.0 Å². The predicted molar refractivity (Wildman–Crippen MR) is 107 cm³/mol. The van der Waals surface area contributed by atoms with Gasteiger partial charge >= 0.3 is 0 Å². The number of allylic oxidation sites excluding steroid dienone is 1. The molecule has 0 amide bonds. The maximum absolute atomic E-state index is 5.45. The first-order chi connectivity index (χ1) is 12.8. The van der Waals surface area contributed by atoms with Crippen molar-refractivity contribution in [3.8, 4) is 0 Å². The molecule has 0 bridgehead atoms. The van der Waals surface area contributed by atoms with Crippen molar-refractivity contribution in [2.24, 2.45) is 10.9 Å². The highest BCUT2D eigenvalue weighted by atomic mass is 15.3. The molecular formula is C20H27N7. The van der Waals surface area contributed by atoms with Crippen molar-refractivity contribution in [2.75, 3.05) is 0 Å². The minimum absolute atomic E-state index is 0.213. The predicted octanol–water partition coefficient (Wildman–Crippen LogP) is 2.83. The number of nitrogens with two attached hydrogens (primary N) is 1. The Hall–Kier alpha value is -2.96. The second-order valence-electron chi connectivity index (χ2n) is 7.68. The van der Waals surface area contributed by atoms with Crippen LogP contribution in [0, 0.1) is 0 Å². The van der Waals surface area contributed by atoms with Gasteiger partial charge in [0.15, 0.2) is 5.49 Å². The molecular weight excluding hydrogens is 338 g/mol. The highest BCUT2D eigenvalue weighted by Gasteiger charge is 2.25. The van der Waals surface area contributed by atoms with Crippen LogP contribution < -0.4 is 11.3 Å². The maximum Gasteiger partial charge on any atom is 0.233 e. The summed E-state index contributed by atoms with van der Waals surface area (Å²) in [4.78, 5) is 9.16. The number of aromatic nitrogens is 5. The molecule has 0 aliphatic rings. The van der Waals surface area contributed by atoms with E-state index in [9.17, 15) is 0 Å². The van der Waals surface area contributed by atoms with Crippen molar-refractivity contribution in [3.05, 3.63) is 59.2 Å². The van der Waals surface area contributed by atoms with Crippen molar-refractivity contribution >= 4 is 12.0 Å².